The number of anilines is 2. The van der Waals surface area contributed by atoms with Crippen molar-refractivity contribution in [2.24, 2.45) is 5.92 Å². The Morgan fingerprint density at radius 3 is 2.79 bits per heavy atom. The van der Waals surface area contributed by atoms with E-state index in [-0.39, 0.29) is 11.9 Å². The normalized spacial score (nSPS) is 19.4. The molecule has 0 bridgehead atoms. The Hall–Kier alpha value is -1.75. The van der Waals surface area contributed by atoms with Crippen LogP contribution >= 0.6 is 0 Å². The summed E-state index contributed by atoms with van der Waals surface area (Å²) >= 11 is 0. The predicted octanol–water partition coefficient (Wildman–Crippen LogP) is 3.19. The Balaban J connectivity index is 2.23. The molecule has 0 radical (unpaired) electrons. The fourth-order valence-electron chi connectivity index (χ4n) is 3.35. The number of hydrogen-bond donors (Lipinski definition) is 1. The van der Waals surface area contributed by atoms with Gasteiger partial charge in [0.05, 0.1) is 44.2 Å². The number of carbonyl (C=O) groups is 1. The molecule has 2 N–H and O–H groups in total. The average Bonchev–Trinajstić information content (AvgIpc) is 2.59. The molecule has 134 valence electrons. The van der Waals surface area contributed by atoms with Crippen LogP contribution < -0.4 is 10.6 Å². The molecule has 1 aromatic rings. The Morgan fingerprint density at radius 2 is 2.21 bits per heavy atom. The van der Waals surface area contributed by atoms with E-state index in [1.807, 2.05) is 6.07 Å². The van der Waals surface area contributed by atoms with E-state index in [2.05, 4.69) is 37.8 Å². The highest BCUT2D eigenvalue weighted by atomic mass is 16.5. The Morgan fingerprint density at radius 1 is 1.46 bits per heavy atom. The number of methoxy groups -OCH3 is 1. The number of nitrogen functional groups attached to an aromatic ring is 1. The Bertz CT molecular complexity index is 560. The first kappa shape index (κ1) is 18.6. The van der Waals surface area contributed by atoms with E-state index in [1.165, 1.54) is 7.11 Å². The van der Waals surface area contributed by atoms with Crippen LogP contribution in [-0.2, 0) is 14.3 Å². The van der Waals surface area contributed by atoms with Crippen molar-refractivity contribution in [2.75, 3.05) is 37.5 Å². The first-order valence-electron chi connectivity index (χ1n) is 8.78. The number of benzene rings is 1. The van der Waals surface area contributed by atoms with Crippen LogP contribution in [0.2, 0.25) is 0 Å². The maximum atomic E-state index is 11.6. The molecule has 0 aromatic heterocycles. The molecule has 0 saturated carbocycles. The number of morpholine rings is 1. The summed E-state index contributed by atoms with van der Waals surface area (Å²) in [6.07, 6.45) is 1.26. The largest absolute Gasteiger partial charge is 0.469 e. The second kappa shape index (κ2) is 8.38. The number of rotatable bonds is 6. The number of carbonyl (C=O) groups excluding carboxylic acids is 1. The highest BCUT2D eigenvalue weighted by Crippen LogP contribution is 2.33. The summed E-state index contributed by atoms with van der Waals surface area (Å²) in [6, 6.07) is 6.53. The van der Waals surface area contributed by atoms with Gasteiger partial charge in [0.1, 0.15) is 0 Å². The van der Waals surface area contributed by atoms with Crippen LogP contribution in [0.4, 0.5) is 11.4 Å². The lowest BCUT2D eigenvalue weighted by Gasteiger charge is -2.40. The SMILES string of the molecule is CC[C@@H](CC(=O)OC)c1ccc(N2CCOC[C@@H]2C(C)C)c(N)c1. The number of ether oxygens (including phenoxy) is 2. The molecule has 0 spiro atoms. The summed E-state index contributed by atoms with van der Waals surface area (Å²) < 4.78 is 10.4. The van der Waals surface area contributed by atoms with Crippen LogP contribution in [0.25, 0.3) is 0 Å². The lowest BCUT2D eigenvalue weighted by molar-refractivity contribution is -0.141. The molecule has 1 aromatic carbocycles. The molecular formula is C19H30N2O3. The molecule has 2 rings (SSSR count). The van der Waals surface area contributed by atoms with Crippen molar-refractivity contribution in [3.63, 3.8) is 0 Å². The van der Waals surface area contributed by atoms with Crippen molar-refractivity contribution in [3.05, 3.63) is 23.8 Å². The van der Waals surface area contributed by atoms with Gasteiger partial charge in [-0.05, 0) is 36.0 Å². The van der Waals surface area contributed by atoms with Crippen molar-refractivity contribution in [2.45, 2.75) is 45.6 Å². The van der Waals surface area contributed by atoms with Gasteiger partial charge in [0, 0.05) is 6.54 Å². The third-order valence-electron chi connectivity index (χ3n) is 4.90. The highest BCUT2D eigenvalue weighted by Gasteiger charge is 2.27. The number of nitrogens with two attached hydrogens (primary N) is 1. The van der Waals surface area contributed by atoms with Gasteiger partial charge in [0.25, 0.3) is 0 Å². The van der Waals surface area contributed by atoms with Crippen molar-refractivity contribution >= 4 is 17.3 Å². The van der Waals surface area contributed by atoms with Gasteiger partial charge in [-0.1, -0.05) is 26.8 Å². The van der Waals surface area contributed by atoms with E-state index in [4.69, 9.17) is 15.2 Å². The third kappa shape index (κ3) is 4.20. The molecule has 0 amide bonds. The molecule has 1 aliphatic rings. The quantitative estimate of drug-likeness (QED) is 0.639. The predicted molar refractivity (Wildman–Crippen MR) is 97.3 cm³/mol. The number of hydrogen-bond acceptors (Lipinski definition) is 5. The van der Waals surface area contributed by atoms with Gasteiger partial charge in [-0.3, -0.25) is 4.79 Å². The first-order valence-corrected chi connectivity index (χ1v) is 8.78. The number of nitrogens with zero attached hydrogens (tertiary/aromatic N) is 1. The van der Waals surface area contributed by atoms with E-state index in [0.29, 0.717) is 18.4 Å². The Kier molecular flexibility index (Phi) is 6.49. The molecule has 5 nitrogen and oxygen atoms in total. The zero-order chi connectivity index (χ0) is 17.7. The lowest BCUT2D eigenvalue weighted by atomic mass is 9.92. The summed E-state index contributed by atoms with van der Waals surface area (Å²) in [5.74, 6) is 0.448. The fourth-order valence-corrected chi connectivity index (χ4v) is 3.35. The topological polar surface area (TPSA) is 64.8 Å². The molecular weight excluding hydrogens is 304 g/mol. The maximum absolute atomic E-state index is 11.6. The van der Waals surface area contributed by atoms with E-state index < -0.39 is 0 Å². The minimum absolute atomic E-state index is 0.138. The van der Waals surface area contributed by atoms with Crippen LogP contribution in [0.15, 0.2) is 18.2 Å². The van der Waals surface area contributed by atoms with Crippen molar-refractivity contribution in [1.29, 1.82) is 0 Å². The fraction of sp³-hybridized carbons (Fsp3) is 0.632. The summed E-state index contributed by atoms with van der Waals surface area (Å²) in [4.78, 5) is 14.0. The van der Waals surface area contributed by atoms with Gasteiger partial charge in [0.15, 0.2) is 0 Å². The summed E-state index contributed by atoms with van der Waals surface area (Å²) in [5, 5.41) is 0. The van der Waals surface area contributed by atoms with Crippen molar-refractivity contribution in [1.82, 2.24) is 0 Å². The summed E-state index contributed by atoms with van der Waals surface area (Å²) in [7, 11) is 1.43. The van der Waals surface area contributed by atoms with Crippen LogP contribution in [0.3, 0.4) is 0 Å². The van der Waals surface area contributed by atoms with Crippen LogP contribution in [-0.4, -0.2) is 38.9 Å². The molecule has 1 aliphatic heterocycles. The smallest absolute Gasteiger partial charge is 0.306 e. The average molecular weight is 334 g/mol. The summed E-state index contributed by atoms with van der Waals surface area (Å²) in [5.41, 5.74) is 9.30. The van der Waals surface area contributed by atoms with E-state index in [1.54, 1.807) is 0 Å². The third-order valence-corrected chi connectivity index (χ3v) is 4.90. The Labute approximate surface area is 145 Å². The van der Waals surface area contributed by atoms with E-state index in [0.717, 1.165) is 43.1 Å². The minimum atomic E-state index is -0.183. The number of esters is 1. The van der Waals surface area contributed by atoms with Crippen LogP contribution in [0.1, 0.15) is 45.1 Å². The molecule has 2 atom stereocenters. The minimum Gasteiger partial charge on any atom is -0.469 e. The van der Waals surface area contributed by atoms with Crippen LogP contribution in [0, 0.1) is 5.92 Å². The van der Waals surface area contributed by atoms with Gasteiger partial charge in [0.2, 0.25) is 0 Å². The van der Waals surface area contributed by atoms with Gasteiger partial charge in [-0.25, -0.2) is 0 Å². The van der Waals surface area contributed by atoms with Gasteiger partial charge in [-0.2, -0.15) is 0 Å². The molecule has 1 saturated heterocycles. The zero-order valence-corrected chi connectivity index (χ0v) is 15.2. The molecule has 0 aliphatic carbocycles. The van der Waals surface area contributed by atoms with Crippen molar-refractivity contribution in [3.8, 4) is 0 Å². The lowest BCUT2D eigenvalue weighted by Crippen LogP contribution is -2.48. The van der Waals surface area contributed by atoms with Crippen molar-refractivity contribution < 1.29 is 14.3 Å². The highest BCUT2D eigenvalue weighted by molar-refractivity contribution is 5.72. The maximum Gasteiger partial charge on any atom is 0.306 e. The van der Waals surface area contributed by atoms with E-state index >= 15 is 0 Å². The second-order valence-electron chi connectivity index (χ2n) is 6.78. The molecule has 0 unspecified atom stereocenters. The van der Waals surface area contributed by atoms with E-state index in [9.17, 15) is 4.79 Å². The molecule has 24 heavy (non-hydrogen) atoms. The van der Waals surface area contributed by atoms with Gasteiger partial charge >= 0.3 is 5.97 Å². The molecule has 1 fully saturated rings. The molecule has 5 heteroatoms. The standard InChI is InChI=1S/C19H30N2O3/c1-5-14(11-19(22)23-4)15-6-7-17(16(20)10-15)21-8-9-24-12-18(21)13(2)3/h6-7,10,13-14,18H,5,8-9,11-12,20H2,1-4H3/t14-,18+/m0/s1. The monoisotopic (exact) mass is 334 g/mol. The zero-order valence-electron chi connectivity index (χ0n) is 15.2. The van der Waals surface area contributed by atoms with Crippen LogP contribution in [0.5, 0.6) is 0 Å². The first-order chi connectivity index (χ1) is 11.5. The van der Waals surface area contributed by atoms with Gasteiger partial charge in [-0.15, -0.1) is 0 Å². The summed E-state index contributed by atoms with van der Waals surface area (Å²) in [6.45, 7) is 8.81. The second-order valence-corrected chi connectivity index (χ2v) is 6.78. The van der Waals surface area contributed by atoms with Gasteiger partial charge < -0.3 is 20.1 Å². The molecule has 1 heterocycles.